The summed E-state index contributed by atoms with van der Waals surface area (Å²) in [5, 5.41) is 31.8. The van der Waals surface area contributed by atoms with Crippen molar-refractivity contribution in [2.75, 3.05) is 12.0 Å². The predicted octanol–water partition coefficient (Wildman–Crippen LogP) is 6.60. The summed E-state index contributed by atoms with van der Waals surface area (Å²) in [5.74, 6) is -8.24. The van der Waals surface area contributed by atoms with Gasteiger partial charge in [-0.15, -0.1) is 0 Å². The number of fused-ring (bicyclic) bond motifs is 4. The third-order valence-electron chi connectivity index (χ3n) is 11.4. The number of phenolic OH excluding ortho intramolecular Hbond substituents is 1. The van der Waals surface area contributed by atoms with Gasteiger partial charge >= 0.3 is 5.97 Å². The summed E-state index contributed by atoms with van der Waals surface area (Å²) in [6.45, 7) is 0. The molecule has 0 spiro atoms. The lowest BCUT2D eigenvalue weighted by Crippen LogP contribution is -2.58. The van der Waals surface area contributed by atoms with Crippen molar-refractivity contribution in [2.24, 2.45) is 23.7 Å². The van der Waals surface area contributed by atoms with Crippen LogP contribution in [0.25, 0.3) is 5.57 Å². The van der Waals surface area contributed by atoms with Gasteiger partial charge in [-0.3, -0.25) is 19.2 Å². The van der Waals surface area contributed by atoms with Crippen molar-refractivity contribution in [3.8, 4) is 17.2 Å². The van der Waals surface area contributed by atoms with Crippen LogP contribution >= 0.6 is 15.9 Å². The van der Waals surface area contributed by atoms with E-state index in [4.69, 9.17) is 4.74 Å². The van der Waals surface area contributed by atoms with E-state index in [1.54, 1.807) is 48.5 Å². The van der Waals surface area contributed by atoms with Gasteiger partial charge in [0.25, 0.3) is 0 Å². The number of anilines is 1. The van der Waals surface area contributed by atoms with Crippen molar-refractivity contribution in [3.05, 3.63) is 135 Å². The molecule has 11 heteroatoms. The first-order valence-electron chi connectivity index (χ1n) is 17.1. The lowest BCUT2D eigenvalue weighted by atomic mass is 9.44. The van der Waals surface area contributed by atoms with E-state index in [-0.39, 0.29) is 52.7 Å². The molecule has 266 valence electrons. The van der Waals surface area contributed by atoms with Gasteiger partial charge < -0.3 is 20.1 Å². The molecule has 53 heavy (non-hydrogen) atoms. The van der Waals surface area contributed by atoms with Crippen LogP contribution in [0.3, 0.4) is 0 Å². The standard InChI is InChI=1S/C42H32BrNO9/c1-53-33-17-23(43)16-30(38(33)48)36-25-14-15-27-35(40(50)44(39(27)49)24-12-13-26(41(51)52)32(45)18-24)29(25)19-31-37(47)28(21-8-4-2-5-9-21)20-34(46)42(31,36)22-10-6-3-7-11-22/h2-14,16-18,20,27,29,31,35-36,45,48H,15,19H2,1H3,(H,51,52)/t27-,29+,31-,35-,36+,42-/m0/s1. The molecule has 4 aromatic rings. The number of aromatic hydroxyl groups is 2. The van der Waals surface area contributed by atoms with Gasteiger partial charge in [0.1, 0.15) is 11.3 Å². The predicted molar refractivity (Wildman–Crippen MR) is 196 cm³/mol. The molecule has 0 aromatic heterocycles. The van der Waals surface area contributed by atoms with Crippen LogP contribution < -0.4 is 9.64 Å². The number of amides is 2. The molecule has 6 atom stereocenters. The third kappa shape index (κ3) is 5.01. The molecule has 4 aromatic carbocycles. The molecule has 0 unspecified atom stereocenters. The molecule has 1 aliphatic heterocycles. The van der Waals surface area contributed by atoms with E-state index in [9.17, 15) is 29.7 Å². The number of allylic oxidation sites excluding steroid dienone is 4. The number of carbonyl (C=O) groups excluding carboxylic acids is 4. The summed E-state index contributed by atoms with van der Waals surface area (Å²) in [5.41, 5.74) is 0.435. The summed E-state index contributed by atoms with van der Waals surface area (Å²) >= 11 is 3.55. The van der Waals surface area contributed by atoms with E-state index in [0.717, 1.165) is 17.0 Å². The van der Waals surface area contributed by atoms with Crippen molar-refractivity contribution in [2.45, 2.75) is 24.2 Å². The highest BCUT2D eigenvalue weighted by Gasteiger charge is 2.66. The number of nitrogens with zero attached hydrogens (tertiary/aromatic N) is 1. The molecule has 8 rings (SSSR count). The monoisotopic (exact) mass is 773 g/mol. The van der Waals surface area contributed by atoms with Crippen LogP contribution in [0, 0.1) is 23.7 Å². The number of ketones is 2. The normalized spacial score (nSPS) is 26.3. The van der Waals surface area contributed by atoms with E-state index >= 15 is 9.59 Å². The van der Waals surface area contributed by atoms with E-state index in [2.05, 4.69) is 15.9 Å². The summed E-state index contributed by atoms with van der Waals surface area (Å²) < 4.78 is 6.11. The van der Waals surface area contributed by atoms with Crippen LogP contribution in [-0.4, -0.2) is 51.8 Å². The Morgan fingerprint density at radius 1 is 0.887 bits per heavy atom. The van der Waals surface area contributed by atoms with Crippen LogP contribution in [0.1, 0.15) is 45.8 Å². The smallest absolute Gasteiger partial charge is 0.339 e. The highest BCUT2D eigenvalue weighted by molar-refractivity contribution is 9.10. The molecule has 0 radical (unpaired) electrons. The maximum Gasteiger partial charge on any atom is 0.339 e. The van der Waals surface area contributed by atoms with Gasteiger partial charge in [0.2, 0.25) is 11.8 Å². The number of methoxy groups -OCH3 is 1. The average Bonchev–Trinajstić information content (AvgIpc) is 3.42. The number of benzene rings is 4. The second-order valence-electron chi connectivity index (χ2n) is 13.9. The van der Waals surface area contributed by atoms with Crippen molar-refractivity contribution in [1.82, 2.24) is 0 Å². The number of halogens is 1. The van der Waals surface area contributed by atoms with Gasteiger partial charge in [-0.05, 0) is 60.2 Å². The number of ether oxygens (including phenoxy) is 1. The second-order valence-corrected chi connectivity index (χ2v) is 14.8. The molecular formula is C42H32BrNO9. The zero-order valence-corrected chi connectivity index (χ0v) is 29.8. The molecule has 2 fully saturated rings. The van der Waals surface area contributed by atoms with Crippen LogP contribution in [0.4, 0.5) is 5.69 Å². The topological polar surface area (TPSA) is 159 Å². The lowest BCUT2D eigenvalue weighted by molar-refractivity contribution is -0.135. The fourth-order valence-corrected chi connectivity index (χ4v) is 9.74. The molecule has 4 aliphatic rings. The summed E-state index contributed by atoms with van der Waals surface area (Å²) in [6, 6.07) is 24.8. The molecule has 1 saturated heterocycles. The van der Waals surface area contributed by atoms with Gasteiger partial charge in [-0.25, -0.2) is 9.69 Å². The van der Waals surface area contributed by atoms with Gasteiger partial charge in [0, 0.05) is 33.5 Å². The number of carboxylic acids is 1. The minimum Gasteiger partial charge on any atom is -0.507 e. The molecule has 3 N–H and O–H groups in total. The van der Waals surface area contributed by atoms with Gasteiger partial charge in [-0.1, -0.05) is 88.2 Å². The minimum atomic E-state index is -1.56. The highest BCUT2D eigenvalue weighted by atomic mass is 79.9. The van der Waals surface area contributed by atoms with E-state index in [1.165, 1.54) is 19.3 Å². The molecule has 1 saturated carbocycles. The Morgan fingerprint density at radius 3 is 2.25 bits per heavy atom. The Bertz CT molecular complexity index is 2320. The number of hydrogen-bond acceptors (Lipinski definition) is 8. The molecule has 2 amide bonds. The highest BCUT2D eigenvalue weighted by Crippen LogP contribution is 2.65. The molecule has 0 bridgehead atoms. The quantitative estimate of drug-likeness (QED) is 0.145. The summed E-state index contributed by atoms with van der Waals surface area (Å²) in [7, 11) is 1.41. The summed E-state index contributed by atoms with van der Waals surface area (Å²) in [4.78, 5) is 71.5. The van der Waals surface area contributed by atoms with Crippen molar-refractivity contribution < 1.29 is 44.0 Å². The van der Waals surface area contributed by atoms with Gasteiger partial charge in [-0.2, -0.15) is 0 Å². The number of Topliss-reactive ketones (excluding diaryl/α,β-unsaturated/α-hetero) is 1. The molecule has 1 heterocycles. The molecule has 3 aliphatic carbocycles. The first kappa shape index (κ1) is 34.3. The van der Waals surface area contributed by atoms with Crippen LogP contribution in [0.2, 0.25) is 0 Å². The van der Waals surface area contributed by atoms with E-state index < -0.39 is 58.5 Å². The number of aromatic carboxylic acids is 1. The third-order valence-corrected chi connectivity index (χ3v) is 11.9. The Kier molecular flexibility index (Phi) is 8.21. The molecule has 10 nitrogen and oxygen atoms in total. The molecular weight excluding hydrogens is 742 g/mol. The largest absolute Gasteiger partial charge is 0.507 e. The Hall–Kier alpha value is -5.81. The first-order valence-corrected chi connectivity index (χ1v) is 17.9. The fraction of sp³-hybridized carbons (Fsp3) is 0.214. The van der Waals surface area contributed by atoms with Crippen molar-refractivity contribution in [1.29, 1.82) is 0 Å². The zero-order valence-electron chi connectivity index (χ0n) is 28.2. The van der Waals surface area contributed by atoms with Gasteiger partial charge in [0.15, 0.2) is 23.1 Å². The van der Waals surface area contributed by atoms with E-state index in [0.29, 0.717) is 26.7 Å². The summed E-state index contributed by atoms with van der Waals surface area (Å²) in [6.07, 6.45) is 3.46. The number of imide groups is 1. The number of rotatable bonds is 6. The second kappa shape index (κ2) is 12.7. The van der Waals surface area contributed by atoms with Crippen LogP contribution in [0.15, 0.2) is 113 Å². The van der Waals surface area contributed by atoms with Crippen LogP contribution in [-0.2, 0) is 24.6 Å². The Balaban J connectivity index is 1.36. The van der Waals surface area contributed by atoms with Crippen molar-refractivity contribution >= 4 is 56.5 Å². The number of carboxylic acid groups (broad SMARTS) is 1. The zero-order chi connectivity index (χ0) is 37.3. The minimum absolute atomic E-state index is 0.0250. The number of phenols is 2. The number of hydrogen-bond donors (Lipinski definition) is 3. The van der Waals surface area contributed by atoms with Crippen molar-refractivity contribution in [3.63, 3.8) is 0 Å². The Morgan fingerprint density at radius 2 is 1.58 bits per heavy atom. The van der Waals surface area contributed by atoms with E-state index in [1.807, 2.05) is 30.3 Å². The Labute approximate surface area is 312 Å². The fourth-order valence-electron chi connectivity index (χ4n) is 9.28. The maximum absolute atomic E-state index is 15.2. The average molecular weight is 775 g/mol. The van der Waals surface area contributed by atoms with Crippen LogP contribution in [0.5, 0.6) is 17.2 Å². The lowest BCUT2D eigenvalue weighted by Gasteiger charge is -2.55. The first-order chi connectivity index (χ1) is 25.5. The number of carbonyl (C=O) groups is 5. The SMILES string of the molecule is COc1cc(Br)cc([C@H]2C3=CC[C@@H]4C(=O)N(c5ccc(C(=O)O)c(O)c5)C(=O)[C@@H]4[C@@H]3C[C@H]3C(=O)C(c4ccccc4)=CC(=O)[C@@]23c2ccccc2)c1O. The maximum atomic E-state index is 15.2. The van der Waals surface area contributed by atoms with Gasteiger partial charge in [0.05, 0.1) is 30.0 Å².